The third-order valence-corrected chi connectivity index (χ3v) is 3.85. The summed E-state index contributed by atoms with van der Waals surface area (Å²) in [6.07, 6.45) is 5.39. The molecule has 2 atom stereocenters. The van der Waals surface area contributed by atoms with Crippen LogP contribution in [0.15, 0.2) is 28.7 Å². The summed E-state index contributed by atoms with van der Waals surface area (Å²) in [5, 5.41) is 3.65. The second-order valence-corrected chi connectivity index (χ2v) is 5.28. The molecule has 0 spiro atoms. The van der Waals surface area contributed by atoms with Gasteiger partial charge in [-0.1, -0.05) is 41.8 Å². The third kappa shape index (κ3) is 2.75. The van der Waals surface area contributed by atoms with E-state index in [1.54, 1.807) is 0 Å². The van der Waals surface area contributed by atoms with Crippen LogP contribution in [0.25, 0.3) is 0 Å². The van der Waals surface area contributed by atoms with Gasteiger partial charge in [0.05, 0.1) is 0 Å². The molecule has 0 aliphatic heterocycles. The maximum absolute atomic E-state index is 3.65. The maximum Gasteiger partial charge on any atom is 0.0353 e. The molecule has 1 nitrogen and oxygen atoms in total. The normalized spacial score (nSPS) is 25.5. The van der Waals surface area contributed by atoms with Gasteiger partial charge in [-0.2, -0.15) is 0 Å². The summed E-state index contributed by atoms with van der Waals surface area (Å²) in [5.74, 6) is 0.865. The average molecular weight is 268 g/mol. The molecule has 1 aromatic rings. The Hall–Kier alpha value is -0.500. The van der Waals surface area contributed by atoms with Crippen LogP contribution < -0.4 is 5.32 Å². The molecule has 0 amide bonds. The molecule has 1 N–H and O–H groups in total. The smallest absolute Gasteiger partial charge is 0.0353 e. The van der Waals surface area contributed by atoms with Gasteiger partial charge in [0.1, 0.15) is 0 Å². The highest BCUT2D eigenvalue weighted by Crippen LogP contribution is 2.31. The van der Waals surface area contributed by atoms with Gasteiger partial charge in [0.15, 0.2) is 0 Å². The van der Waals surface area contributed by atoms with Crippen LogP contribution in [0.5, 0.6) is 0 Å². The lowest BCUT2D eigenvalue weighted by Crippen LogP contribution is -2.23. The second-order valence-electron chi connectivity index (χ2n) is 4.36. The predicted molar refractivity (Wildman–Crippen MR) is 69.2 cm³/mol. The van der Waals surface area contributed by atoms with Gasteiger partial charge in [-0.05, 0) is 37.0 Å². The van der Waals surface area contributed by atoms with Gasteiger partial charge < -0.3 is 5.32 Å². The Morgan fingerprint density at radius 1 is 1.40 bits per heavy atom. The molecular weight excluding hydrogens is 250 g/mol. The predicted octanol–water partition coefficient (Wildman–Crippen LogP) is 4.44. The quantitative estimate of drug-likeness (QED) is 0.854. The zero-order valence-electron chi connectivity index (χ0n) is 9.17. The Balaban J connectivity index is 2.02. The summed E-state index contributed by atoms with van der Waals surface area (Å²) in [5.41, 5.74) is 1.25. The van der Waals surface area contributed by atoms with Crippen LogP contribution in [0.1, 0.15) is 32.6 Å². The van der Waals surface area contributed by atoms with E-state index in [1.807, 2.05) is 0 Å². The van der Waals surface area contributed by atoms with E-state index in [1.165, 1.54) is 31.4 Å². The fourth-order valence-electron chi connectivity index (χ4n) is 2.51. The number of benzene rings is 1. The summed E-state index contributed by atoms with van der Waals surface area (Å²) in [7, 11) is 0. The van der Waals surface area contributed by atoms with Gasteiger partial charge in [-0.3, -0.25) is 0 Å². The standard InChI is InChI=1S/C13H18BrN/c1-2-10-5-3-8-13(10)15-12-7-4-6-11(14)9-12/h4,6-7,9-10,13,15H,2-3,5,8H2,1H3. The van der Waals surface area contributed by atoms with Gasteiger partial charge in [0.2, 0.25) is 0 Å². The molecule has 0 aromatic heterocycles. The van der Waals surface area contributed by atoms with E-state index in [0.717, 1.165) is 10.4 Å². The van der Waals surface area contributed by atoms with Crippen molar-refractivity contribution in [3.8, 4) is 0 Å². The Labute approximate surface area is 100 Å². The minimum Gasteiger partial charge on any atom is -0.382 e. The van der Waals surface area contributed by atoms with Crippen LogP contribution in [0.3, 0.4) is 0 Å². The summed E-state index contributed by atoms with van der Waals surface area (Å²) < 4.78 is 1.15. The first-order chi connectivity index (χ1) is 7.29. The number of hydrogen-bond acceptors (Lipinski definition) is 1. The average Bonchev–Trinajstić information content (AvgIpc) is 2.65. The molecule has 0 bridgehead atoms. The van der Waals surface area contributed by atoms with E-state index in [-0.39, 0.29) is 0 Å². The van der Waals surface area contributed by atoms with Crippen molar-refractivity contribution in [1.82, 2.24) is 0 Å². The van der Waals surface area contributed by atoms with Gasteiger partial charge in [-0.25, -0.2) is 0 Å². The molecule has 1 saturated carbocycles. The zero-order chi connectivity index (χ0) is 10.7. The third-order valence-electron chi connectivity index (χ3n) is 3.36. The lowest BCUT2D eigenvalue weighted by molar-refractivity contribution is 0.489. The first-order valence-corrected chi connectivity index (χ1v) is 6.61. The van der Waals surface area contributed by atoms with Crippen LogP contribution in [0.4, 0.5) is 5.69 Å². The Morgan fingerprint density at radius 3 is 3.00 bits per heavy atom. The fraction of sp³-hybridized carbons (Fsp3) is 0.538. The van der Waals surface area contributed by atoms with E-state index in [4.69, 9.17) is 0 Å². The van der Waals surface area contributed by atoms with Crippen molar-refractivity contribution in [2.24, 2.45) is 5.92 Å². The van der Waals surface area contributed by atoms with Crippen LogP contribution in [0.2, 0.25) is 0 Å². The molecule has 1 aliphatic carbocycles. The maximum atomic E-state index is 3.65. The largest absolute Gasteiger partial charge is 0.382 e. The molecule has 1 fully saturated rings. The molecule has 2 rings (SSSR count). The summed E-state index contributed by atoms with van der Waals surface area (Å²) in [4.78, 5) is 0. The first-order valence-electron chi connectivity index (χ1n) is 5.81. The molecule has 0 radical (unpaired) electrons. The summed E-state index contributed by atoms with van der Waals surface area (Å²) in [6, 6.07) is 9.14. The topological polar surface area (TPSA) is 12.0 Å². The number of hydrogen-bond donors (Lipinski definition) is 1. The molecule has 2 heteroatoms. The van der Waals surface area contributed by atoms with Crippen LogP contribution in [-0.2, 0) is 0 Å². The minimum absolute atomic E-state index is 0.685. The van der Waals surface area contributed by atoms with Crippen molar-refractivity contribution in [3.63, 3.8) is 0 Å². The van der Waals surface area contributed by atoms with Crippen molar-refractivity contribution >= 4 is 21.6 Å². The molecule has 1 aromatic carbocycles. The first kappa shape index (κ1) is 11.0. The van der Waals surface area contributed by atoms with E-state index in [0.29, 0.717) is 6.04 Å². The van der Waals surface area contributed by atoms with Crippen molar-refractivity contribution in [2.75, 3.05) is 5.32 Å². The highest BCUT2D eigenvalue weighted by molar-refractivity contribution is 9.10. The van der Waals surface area contributed by atoms with Gasteiger partial charge in [0, 0.05) is 16.2 Å². The molecule has 82 valence electrons. The Kier molecular flexibility index (Phi) is 3.68. The molecule has 2 unspecified atom stereocenters. The van der Waals surface area contributed by atoms with E-state index in [2.05, 4.69) is 52.4 Å². The van der Waals surface area contributed by atoms with Crippen LogP contribution >= 0.6 is 15.9 Å². The zero-order valence-corrected chi connectivity index (χ0v) is 10.8. The molecule has 0 saturated heterocycles. The van der Waals surface area contributed by atoms with Crippen molar-refractivity contribution in [2.45, 2.75) is 38.6 Å². The minimum atomic E-state index is 0.685. The molecule has 1 aliphatic rings. The fourth-order valence-corrected chi connectivity index (χ4v) is 2.91. The summed E-state index contributed by atoms with van der Waals surface area (Å²) >= 11 is 3.50. The highest BCUT2D eigenvalue weighted by atomic mass is 79.9. The lowest BCUT2D eigenvalue weighted by Gasteiger charge is -2.20. The van der Waals surface area contributed by atoms with Crippen molar-refractivity contribution in [1.29, 1.82) is 0 Å². The number of halogens is 1. The highest BCUT2D eigenvalue weighted by Gasteiger charge is 2.25. The van der Waals surface area contributed by atoms with Crippen LogP contribution in [-0.4, -0.2) is 6.04 Å². The van der Waals surface area contributed by atoms with Gasteiger partial charge in [0.25, 0.3) is 0 Å². The van der Waals surface area contributed by atoms with Crippen molar-refractivity contribution < 1.29 is 0 Å². The number of rotatable bonds is 3. The van der Waals surface area contributed by atoms with Gasteiger partial charge in [-0.15, -0.1) is 0 Å². The van der Waals surface area contributed by atoms with Gasteiger partial charge >= 0.3 is 0 Å². The molecule has 15 heavy (non-hydrogen) atoms. The Bertz CT molecular complexity index is 324. The molecular formula is C13H18BrN. The number of anilines is 1. The summed E-state index contributed by atoms with van der Waals surface area (Å²) in [6.45, 7) is 2.30. The van der Waals surface area contributed by atoms with Crippen LogP contribution in [0, 0.1) is 5.92 Å². The SMILES string of the molecule is CCC1CCCC1Nc1cccc(Br)c1. The van der Waals surface area contributed by atoms with Crippen molar-refractivity contribution in [3.05, 3.63) is 28.7 Å². The van der Waals surface area contributed by atoms with E-state index in [9.17, 15) is 0 Å². The lowest BCUT2D eigenvalue weighted by atomic mass is 10.0. The van der Waals surface area contributed by atoms with E-state index >= 15 is 0 Å². The molecule has 0 heterocycles. The second kappa shape index (κ2) is 5.02. The number of nitrogens with one attached hydrogen (secondary N) is 1. The van der Waals surface area contributed by atoms with E-state index < -0.39 is 0 Å². The Morgan fingerprint density at radius 2 is 2.27 bits per heavy atom. The monoisotopic (exact) mass is 267 g/mol.